The van der Waals surface area contributed by atoms with Gasteiger partial charge in [0.25, 0.3) is 0 Å². The minimum Gasteiger partial charge on any atom is -0.309 e. The third-order valence-corrected chi connectivity index (χ3v) is 19.3. The zero-order valence-electron chi connectivity index (χ0n) is 52.3. The van der Waals surface area contributed by atoms with Gasteiger partial charge in [0, 0.05) is 38.4 Å². The average Bonchev–Trinajstić information content (AvgIpc) is 1.76. The van der Waals surface area contributed by atoms with E-state index >= 15 is 0 Å². The number of hydrogen-bond donors (Lipinski definition) is 0. The van der Waals surface area contributed by atoms with Crippen LogP contribution >= 0.6 is 0 Å². The van der Waals surface area contributed by atoms with Crippen LogP contribution in [0.5, 0.6) is 0 Å². The largest absolute Gasteiger partial charge is 0.309 e. The summed E-state index contributed by atoms with van der Waals surface area (Å²) >= 11 is 0. The van der Waals surface area contributed by atoms with Gasteiger partial charge in [0.15, 0.2) is 8.07 Å². The molecule has 0 bridgehead atoms. The van der Waals surface area contributed by atoms with Crippen LogP contribution in [0.4, 0.5) is 0 Å². The standard InChI is InChI=1S/C72H50N2Si/c1-8-24-51(25-9-1)55-40-43-69-65(46-55)62-38-22-23-39-68(62)73(69)57-42-45-71-67(48-57)66-47-56(52-26-10-2-11-27-52)41-44-70(66)74(71)72-63(53-28-12-3-13-29-53)49-61(50-64(72)54-30-14-4-15-31-54)75(58-32-16-5-17-33-58,59-34-18-6-19-35-59)60-36-20-7-21-37-60/h1-50H/i1D,8D,9D,22D,23D,24D,25D,38D,39D,40D,43D,46D. The molecule has 0 aliphatic rings. The van der Waals surface area contributed by atoms with E-state index < -0.39 is 91.7 Å². The van der Waals surface area contributed by atoms with Crippen molar-refractivity contribution in [2.75, 3.05) is 0 Å². The molecule has 352 valence electrons. The van der Waals surface area contributed by atoms with Crippen LogP contribution in [0.25, 0.3) is 99.5 Å². The number of rotatable bonds is 10. The van der Waals surface area contributed by atoms with Gasteiger partial charge in [-0.15, -0.1) is 0 Å². The quantitative estimate of drug-likeness (QED) is 0.0955. The molecule has 0 atom stereocenters. The Bertz CT molecular complexity index is 4910. The first-order chi connectivity index (χ1) is 42.2. The second kappa shape index (κ2) is 18.5. The van der Waals surface area contributed by atoms with E-state index in [1.807, 2.05) is 48.5 Å². The highest BCUT2D eigenvalue weighted by atomic mass is 28.3. The molecule has 2 heterocycles. The zero-order valence-corrected chi connectivity index (χ0v) is 41.3. The Hall–Kier alpha value is -9.54. The molecular formula is C72H50N2Si. The maximum absolute atomic E-state index is 9.87. The van der Waals surface area contributed by atoms with E-state index in [0.717, 1.165) is 60.9 Å². The van der Waals surface area contributed by atoms with Crippen molar-refractivity contribution in [3.8, 4) is 55.9 Å². The molecule has 3 heteroatoms. The van der Waals surface area contributed by atoms with E-state index in [0.29, 0.717) is 5.69 Å². The normalized spacial score (nSPS) is 14.0. The second-order valence-electron chi connectivity index (χ2n) is 18.7. The lowest BCUT2D eigenvalue weighted by atomic mass is 9.95. The fourth-order valence-electron chi connectivity index (χ4n) is 11.3. The lowest BCUT2D eigenvalue weighted by Crippen LogP contribution is -2.74. The van der Waals surface area contributed by atoms with Crippen molar-refractivity contribution in [3.05, 3.63) is 303 Å². The Labute approximate surface area is 455 Å². The minimum atomic E-state index is -3.19. The van der Waals surface area contributed by atoms with Crippen LogP contribution in [0.2, 0.25) is 0 Å². The molecule has 2 nitrogen and oxygen atoms in total. The molecule has 0 saturated carbocycles. The monoisotopic (exact) mass is 982 g/mol. The summed E-state index contributed by atoms with van der Waals surface area (Å²) in [6, 6.07) is 73.4. The van der Waals surface area contributed by atoms with Crippen LogP contribution in [0, 0.1) is 0 Å². The van der Waals surface area contributed by atoms with Crippen molar-refractivity contribution >= 4 is 72.4 Å². The van der Waals surface area contributed by atoms with E-state index in [4.69, 9.17) is 9.60 Å². The van der Waals surface area contributed by atoms with Gasteiger partial charge in [-0.05, 0) is 103 Å². The Balaban J connectivity index is 1.13. The van der Waals surface area contributed by atoms with Gasteiger partial charge in [-0.25, -0.2) is 0 Å². The van der Waals surface area contributed by atoms with Crippen LogP contribution in [0.15, 0.2) is 303 Å². The molecule has 0 aliphatic heterocycles. The maximum Gasteiger partial charge on any atom is 0.179 e. The summed E-state index contributed by atoms with van der Waals surface area (Å²) in [4.78, 5) is 0. The molecule has 0 spiro atoms. The van der Waals surface area contributed by atoms with Crippen molar-refractivity contribution in [1.82, 2.24) is 9.13 Å². The smallest absolute Gasteiger partial charge is 0.179 e. The Morgan fingerprint density at radius 3 is 1.33 bits per heavy atom. The van der Waals surface area contributed by atoms with E-state index in [-0.39, 0.29) is 21.8 Å². The summed E-state index contributed by atoms with van der Waals surface area (Å²) in [6.45, 7) is 0. The molecule has 0 amide bonds. The fourth-order valence-corrected chi connectivity index (χ4v) is 16.1. The molecule has 75 heavy (non-hydrogen) atoms. The van der Waals surface area contributed by atoms with Gasteiger partial charge in [-0.3, -0.25) is 0 Å². The Morgan fingerprint density at radius 2 is 0.760 bits per heavy atom. The van der Waals surface area contributed by atoms with Crippen molar-refractivity contribution in [2.45, 2.75) is 0 Å². The van der Waals surface area contributed by atoms with Crippen LogP contribution in [0.1, 0.15) is 16.4 Å². The predicted molar refractivity (Wildman–Crippen MR) is 320 cm³/mol. The average molecular weight is 983 g/mol. The molecule has 14 rings (SSSR count). The molecule has 0 unspecified atom stereocenters. The SMILES string of the molecule is [2H]c1c([2H])c([2H])c(-c2c([2H])c([2H])c3c(c2[2H])c2c([2H])c([2H])c([2H])c([2H])c2n3-c2ccc3c(c2)c2cc(-c4ccccc4)ccc2n3-c2c(-c3ccccc3)cc([Si](c3ccccc3)(c3ccccc3)c3ccccc3)cc2-c2ccccc2)c([2H])c1[2H]. The third kappa shape index (κ3) is 7.39. The molecule has 0 saturated heterocycles. The van der Waals surface area contributed by atoms with Crippen LogP contribution in [-0.4, -0.2) is 17.2 Å². The number of hydrogen-bond acceptors (Lipinski definition) is 0. The summed E-state index contributed by atoms with van der Waals surface area (Å²) in [5, 5.41) is 6.18. The summed E-state index contributed by atoms with van der Waals surface area (Å²) in [6.07, 6.45) is 0. The maximum atomic E-state index is 9.87. The van der Waals surface area contributed by atoms with Gasteiger partial charge in [-0.2, -0.15) is 0 Å². The second-order valence-corrected chi connectivity index (χ2v) is 22.5. The number of benzene rings is 12. The van der Waals surface area contributed by atoms with Crippen molar-refractivity contribution in [2.24, 2.45) is 0 Å². The van der Waals surface area contributed by atoms with E-state index in [9.17, 15) is 6.85 Å². The summed E-state index contributed by atoms with van der Waals surface area (Å²) < 4.78 is 113. The van der Waals surface area contributed by atoms with Gasteiger partial charge in [-0.1, -0.05) is 255 Å². The first-order valence-corrected chi connectivity index (χ1v) is 26.9. The predicted octanol–water partition coefficient (Wildman–Crippen LogP) is 15.9. The number of para-hydroxylation sites is 1. The van der Waals surface area contributed by atoms with Gasteiger partial charge in [0.05, 0.1) is 44.2 Å². The molecule has 14 aromatic rings. The van der Waals surface area contributed by atoms with E-state index in [1.54, 1.807) is 0 Å². The third-order valence-electron chi connectivity index (χ3n) is 14.6. The van der Waals surface area contributed by atoms with Crippen molar-refractivity contribution in [3.63, 3.8) is 0 Å². The number of fused-ring (bicyclic) bond motifs is 6. The fraction of sp³-hybridized carbons (Fsp3) is 0. The van der Waals surface area contributed by atoms with Gasteiger partial charge < -0.3 is 9.13 Å². The Morgan fingerprint density at radius 1 is 0.280 bits per heavy atom. The van der Waals surface area contributed by atoms with E-state index in [2.05, 4.69) is 187 Å². The van der Waals surface area contributed by atoms with Gasteiger partial charge in [0.1, 0.15) is 0 Å². The zero-order chi connectivity index (χ0) is 60.2. The molecule has 0 N–H and O–H groups in total. The van der Waals surface area contributed by atoms with Gasteiger partial charge >= 0.3 is 0 Å². The van der Waals surface area contributed by atoms with E-state index in [1.165, 1.54) is 25.3 Å². The molecule has 12 aromatic carbocycles. The molecule has 0 fully saturated rings. The lowest BCUT2D eigenvalue weighted by molar-refractivity contribution is 1.17. The molecule has 2 aromatic heterocycles. The first kappa shape index (κ1) is 33.2. The highest BCUT2D eigenvalue weighted by Crippen LogP contribution is 2.44. The van der Waals surface area contributed by atoms with Gasteiger partial charge in [0.2, 0.25) is 0 Å². The van der Waals surface area contributed by atoms with Crippen LogP contribution in [-0.2, 0) is 0 Å². The van der Waals surface area contributed by atoms with Crippen LogP contribution < -0.4 is 20.7 Å². The highest BCUT2D eigenvalue weighted by molar-refractivity contribution is 7.20. The highest BCUT2D eigenvalue weighted by Gasteiger charge is 2.42. The molecular weight excluding hydrogens is 921 g/mol. The molecule has 0 radical (unpaired) electrons. The minimum absolute atomic E-state index is 0.0557. The summed E-state index contributed by atoms with van der Waals surface area (Å²) in [5.41, 5.74) is 7.75. The Kier molecular flexibility index (Phi) is 8.20. The summed E-state index contributed by atoms with van der Waals surface area (Å²) in [5.74, 6) is 0. The number of nitrogens with zero attached hydrogens (tertiary/aromatic N) is 2. The van der Waals surface area contributed by atoms with Crippen molar-refractivity contribution < 1.29 is 16.4 Å². The van der Waals surface area contributed by atoms with Crippen molar-refractivity contribution in [1.29, 1.82) is 0 Å². The first-order valence-electron chi connectivity index (χ1n) is 30.9. The topological polar surface area (TPSA) is 9.86 Å². The molecule has 0 aliphatic carbocycles. The lowest BCUT2D eigenvalue weighted by Gasteiger charge is -2.36. The number of aromatic nitrogens is 2. The van der Waals surface area contributed by atoms with Crippen LogP contribution in [0.3, 0.4) is 0 Å². The summed E-state index contributed by atoms with van der Waals surface area (Å²) in [7, 11) is -3.19.